The fraction of sp³-hybridized carbons (Fsp3) is 0. The van der Waals surface area contributed by atoms with Crippen molar-refractivity contribution in [1.82, 2.24) is 15.2 Å². The molecule has 110 valence electrons. The first-order chi connectivity index (χ1) is 10.6. The summed E-state index contributed by atoms with van der Waals surface area (Å²) in [7, 11) is 0. The molecule has 0 atom stereocenters. The molecule has 0 aliphatic rings. The summed E-state index contributed by atoms with van der Waals surface area (Å²) in [5.41, 5.74) is 0.553. The largest absolute Gasteiger partial charge is 0.411 e. The molecule has 2 aromatic heterocycles. The van der Waals surface area contributed by atoms with Crippen molar-refractivity contribution < 1.29 is 9.34 Å². The third kappa shape index (κ3) is 3.07. The maximum absolute atomic E-state index is 10.9. The van der Waals surface area contributed by atoms with Crippen LogP contribution in [0.2, 0.25) is 5.02 Å². The van der Waals surface area contributed by atoms with Gasteiger partial charge in [0.1, 0.15) is 0 Å². The fourth-order valence-corrected chi connectivity index (χ4v) is 2.59. The first kappa shape index (κ1) is 14.5. The SMILES string of the molecule is O=[N+]([O-])c1cccnc1Sc1nnc(-c2cccc(Cl)c2)o1. The number of nitro groups is 1. The molecule has 3 aromatic rings. The van der Waals surface area contributed by atoms with Crippen LogP contribution in [0.25, 0.3) is 11.5 Å². The highest BCUT2D eigenvalue weighted by Gasteiger charge is 2.19. The van der Waals surface area contributed by atoms with Crippen LogP contribution in [0, 0.1) is 10.1 Å². The van der Waals surface area contributed by atoms with Crippen LogP contribution >= 0.6 is 23.4 Å². The molecule has 0 N–H and O–H groups in total. The maximum atomic E-state index is 10.9. The highest BCUT2D eigenvalue weighted by Crippen LogP contribution is 2.33. The summed E-state index contributed by atoms with van der Waals surface area (Å²) in [5, 5.41) is 19.6. The number of halogens is 1. The lowest BCUT2D eigenvalue weighted by Gasteiger charge is -1.97. The van der Waals surface area contributed by atoms with Crippen LogP contribution in [0.1, 0.15) is 0 Å². The lowest BCUT2D eigenvalue weighted by atomic mass is 10.2. The monoisotopic (exact) mass is 334 g/mol. The van der Waals surface area contributed by atoms with Crippen molar-refractivity contribution >= 4 is 29.1 Å². The fourth-order valence-electron chi connectivity index (χ4n) is 1.67. The highest BCUT2D eigenvalue weighted by molar-refractivity contribution is 7.99. The van der Waals surface area contributed by atoms with Crippen LogP contribution < -0.4 is 0 Å². The molecular weight excluding hydrogens is 328 g/mol. The number of aromatic nitrogens is 3. The van der Waals surface area contributed by atoms with Crippen molar-refractivity contribution in [3.05, 3.63) is 57.7 Å². The molecule has 3 rings (SSSR count). The molecule has 0 radical (unpaired) electrons. The van der Waals surface area contributed by atoms with E-state index in [2.05, 4.69) is 15.2 Å². The summed E-state index contributed by atoms with van der Waals surface area (Å²) in [4.78, 5) is 14.4. The van der Waals surface area contributed by atoms with Gasteiger partial charge in [-0.2, -0.15) is 0 Å². The molecule has 9 heteroatoms. The zero-order chi connectivity index (χ0) is 15.5. The average Bonchev–Trinajstić information content (AvgIpc) is 2.96. The Morgan fingerprint density at radius 1 is 1.23 bits per heavy atom. The summed E-state index contributed by atoms with van der Waals surface area (Å²) in [5.74, 6) is 0.281. The minimum Gasteiger partial charge on any atom is -0.411 e. The number of nitrogens with zero attached hydrogens (tertiary/aromatic N) is 4. The van der Waals surface area contributed by atoms with E-state index in [4.69, 9.17) is 16.0 Å². The van der Waals surface area contributed by atoms with Crippen molar-refractivity contribution in [3.8, 4) is 11.5 Å². The minimum absolute atomic E-state index is 0.116. The molecule has 22 heavy (non-hydrogen) atoms. The Hall–Kier alpha value is -2.45. The average molecular weight is 335 g/mol. The Bertz CT molecular complexity index is 839. The van der Waals surface area contributed by atoms with E-state index in [1.165, 1.54) is 18.3 Å². The number of hydrogen-bond donors (Lipinski definition) is 0. The Kier molecular flexibility index (Phi) is 4.03. The van der Waals surface area contributed by atoms with Crippen LogP contribution in [-0.4, -0.2) is 20.1 Å². The van der Waals surface area contributed by atoms with Crippen LogP contribution in [0.4, 0.5) is 5.69 Å². The van der Waals surface area contributed by atoms with Gasteiger partial charge in [0.05, 0.1) is 4.92 Å². The Morgan fingerprint density at radius 3 is 2.86 bits per heavy atom. The van der Waals surface area contributed by atoms with E-state index in [1.54, 1.807) is 24.3 Å². The predicted molar refractivity (Wildman–Crippen MR) is 79.8 cm³/mol. The van der Waals surface area contributed by atoms with Crippen molar-refractivity contribution in [1.29, 1.82) is 0 Å². The molecule has 0 unspecified atom stereocenters. The Balaban J connectivity index is 1.88. The van der Waals surface area contributed by atoms with Crippen molar-refractivity contribution in [2.75, 3.05) is 0 Å². The molecule has 7 nitrogen and oxygen atoms in total. The third-order valence-electron chi connectivity index (χ3n) is 2.61. The second kappa shape index (κ2) is 6.12. The Labute approximate surface area is 133 Å². The summed E-state index contributed by atoms with van der Waals surface area (Å²) < 4.78 is 5.48. The van der Waals surface area contributed by atoms with Gasteiger partial charge in [0.2, 0.25) is 5.89 Å². The summed E-state index contributed by atoms with van der Waals surface area (Å²) in [6.07, 6.45) is 1.46. The van der Waals surface area contributed by atoms with Gasteiger partial charge in [0.15, 0.2) is 5.03 Å². The minimum atomic E-state index is -0.510. The zero-order valence-electron chi connectivity index (χ0n) is 10.8. The van der Waals surface area contributed by atoms with Crippen molar-refractivity contribution in [3.63, 3.8) is 0 Å². The van der Waals surface area contributed by atoms with Gasteiger partial charge in [-0.3, -0.25) is 10.1 Å². The summed E-state index contributed by atoms with van der Waals surface area (Å²) in [6, 6.07) is 9.81. The first-order valence-corrected chi connectivity index (χ1v) is 7.19. The molecule has 0 saturated heterocycles. The zero-order valence-corrected chi connectivity index (χ0v) is 12.4. The molecule has 0 fully saturated rings. The van der Waals surface area contributed by atoms with E-state index in [0.717, 1.165) is 11.8 Å². The number of rotatable bonds is 4. The maximum Gasteiger partial charge on any atom is 0.301 e. The van der Waals surface area contributed by atoms with Gasteiger partial charge in [-0.25, -0.2) is 4.98 Å². The third-order valence-corrected chi connectivity index (χ3v) is 3.69. The van der Waals surface area contributed by atoms with Crippen LogP contribution in [-0.2, 0) is 0 Å². The predicted octanol–water partition coefficient (Wildman–Crippen LogP) is 3.84. The molecular formula is C13H7ClN4O3S. The standard InChI is InChI=1S/C13H7ClN4O3S/c14-9-4-1-3-8(7-9)11-16-17-13(21-11)22-12-10(18(19)20)5-2-6-15-12/h1-7H. The number of benzene rings is 1. The van der Waals surface area contributed by atoms with Crippen LogP contribution in [0.15, 0.2) is 57.3 Å². The van der Waals surface area contributed by atoms with Gasteiger partial charge in [0.25, 0.3) is 5.22 Å². The number of hydrogen-bond acceptors (Lipinski definition) is 7. The van der Waals surface area contributed by atoms with E-state index < -0.39 is 4.92 Å². The molecule has 2 heterocycles. The molecule has 0 aliphatic carbocycles. The lowest BCUT2D eigenvalue weighted by Crippen LogP contribution is -1.92. The molecule has 0 bridgehead atoms. The van der Waals surface area contributed by atoms with E-state index in [9.17, 15) is 10.1 Å². The summed E-state index contributed by atoms with van der Waals surface area (Å²) >= 11 is 6.84. The Morgan fingerprint density at radius 2 is 2.09 bits per heavy atom. The molecule has 0 amide bonds. The first-order valence-electron chi connectivity index (χ1n) is 6.00. The van der Waals surface area contributed by atoms with Gasteiger partial charge in [-0.05, 0) is 36.0 Å². The second-order valence-electron chi connectivity index (χ2n) is 4.07. The molecule has 0 saturated carbocycles. The normalized spacial score (nSPS) is 10.6. The van der Waals surface area contributed by atoms with Gasteiger partial charge >= 0.3 is 5.69 Å². The quantitative estimate of drug-likeness (QED) is 0.528. The topological polar surface area (TPSA) is 95.0 Å². The van der Waals surface area contributed by atoms with Crippen LogP contribution in [0.5, 0.6) is 0 Å². The van der Waals surface area contributed by atoms with Gasteiger partial charge in [-0.1, -0.05) is 17.7 Å². The van der Waals surface area contributed by atoms with Gasteiger partial charge in [0, 0.05) is 22.8 Å². The van der Waals surface area contributed by atoms with Crippen molar-refractivity contribution in [2.24, 2.45) is 0 Å². The van der Waals surface area contributed by atoms with Crippen molar-refractivity contribution in [2.45, 2.75) is 10.2 Å². The second-order valence-corrected chi connectivity index (χ2v) is 5.45. The van der Waals surface area contributed by atoms with E-state index >= 15 is 0 Å². The van der Waals surface area contributed by atoms with Gasteiger partial charge in [-0.15, -0.1) is 10.2 Å². The molecule has 0 spiro atoms. The number of pyridine rings is 1. The van der Waals surface area contributed by atoms with E-state index in [0.29, 0.717) is 10.6 Å². The molecule has 0 aliphatic heterocycles. The van der Waals surface area contributed by atoms with E-state index in [-0.39, 0.29) is 21.8 Å². The van der Waals surface area contributed by atoms with Crippen LogP contribution in [0.3, 0.4) is 0 Å². The summed E-state index contributed by atoms with van der Waals surface area (Å²) in [6.45, 7) is 0. The van der Waals surface area contributed by atoms with E-state index in [1.807, 2.05) is 0 Å². The molecule has 1 aromatic carbocycles. The highest BCUT2D eigenvalue weighted by atomic mass is 35.5. The van der Waals surface area contributed by atoms with Gasteiger partial charge < -0.3 is 4.42 Å². The smallest absolute Gasteiger partial charge is 0.301 e. The lowest BCUT2D eigenvalue weighted by molar-refractivity contribution is -0.388.